The molecule has 3 atom stereocenters. The van der Waals surface area contributed by atoms with Crippen molar-refractivity contribution in [1.29, 1.82) is 0 Å². The first-order chi connectivity index (χ1) is 10.1. The van der Waals surface area contributed by atoms with Gasteiger partial charge in [-0.3, -0.25) is 0 Å². The molecule has 118 valence electrons. The monoisotopic (exact) mass is 296 g/mol. The smallest absolute Gasteiger partial charge is 0.333 e. The summed E-state index contributed by atoms with van der Waals surface area (Å²) in [4.78, 5) is 14.7. The quantitative estimate of drug-likeness (QED) is 0.336. The van der Waals surface area contributed by atoms with Gasteiger partial charge < -0.3 is 15.2 Å². The second-order valence-electron chi connectivity index (χ2n) is 5.01. The van der Waals surface area contributed by atoms with Crippen LogP contribution in [0.2, 0.25) is 0 Å². The Morgan fingerprint density at radius 2 is 2.19 bits per heavy atom. The zero-order valence-electron chi connectivity index (χ0n) is 12.9. The van der Waals surface area contributed by atoms with E-state index in [0.29, 0.717) is 12.2 Å². The summed E-state index contributed by atoms with van der Waals surface area (Å²) in [5.41, 5.74) is 15.2. The third-order valence-electron chi connectivity index (χ3n) is 3.62. The van der Waals surface area contributed by atoms with E-state index in [0.717, 1.165) is 12.8 Å². The molecule has 21 heavy (non-hydrogen) atoms. The molecule has 0 aromatic rings. The van der Waals surface area contributed by atoms with Crippen LogP contribution in [0.15, 0.2) is 16.8 Å². The number of ether oxygens (including phenoxy) is 2. The number of esters is 1. The lowest BCUT2D eigenvalue weighted by molar-refractivity contribution is -0.139. The van der Waals surface area contributed by atoms with Crippen molar-refractivity contribution in [3.8, 4) is 0 Å². The molecule has 0 saturated carbocycles. The Morgan fingerprint density at radius 3 is 2.71 bits per heavy atom. The molecule has 0 bridgehead atoms. The predicted molar refractivity (Wildman–Crippen MR) is 79.5 cm³/mol. The lowest BCUT2D eigenvalue weighted by Crippen LogP contribution is -2.48. The van der Waals surface area contributed by atoms with Crippen molar-refractivity contribution in [3.63, 3.8) is 0 Å². The van der Waals surface area contributed by atoms with E-state index in [-0.39, 0.29) is 12.5 Å². The summed E-state index contributed by atoms with van der Waals surface area (Å²) in [7, 11) is 0. The molecule has 1 rings (SSSR count). The van der Waals surface area contributed by atoms with Crippen molar-refractivity contribution < 1.29 is 14.3 Å². The van der Waals surface area contributed by atoms with Crippen LogP contribution in [0.1, 0.15) is 40.0 Å². The largest absolute Gasteiger partial charge is 0.463 e. The molecule has 0 aliphatic heterocycles. The highest BCUT2D eigenvalue weighted by atomic mass is 16.5. The highest BCUT2D eigenvalue weighted by molar-refractivity contribution is 5.89. The Hall–Kier alpha value is -1.56. The summed E-state index contributed by atoms with van der Waals surface area (Å²) in [5.74, 6) is -0.402. The molecule has 7 heteroatoms. The molecule has 0 aromatic heterocycles. The summed E-state index contributed by atoms with van der Waals surface area (Å²) in [6.07, 6.45) is 3.32. The number of azide groups is 1. The van der Waals surface area contributed by atoms with Crippen LogP contribution in [-0.2, 0) is 14.3 Å². The van der Waals surface area contributed by atoms with Crippen LogP contribution >= 0.6 is 0 Å². The number of rotatable bonds is 7. The molecule has 2 unspecified atom stereocenters. The van der Waals surface area contributed by atoms with Gasteiger partial charge in [0.2, 0.25) is 0 Å². The lowest BCUT2D eigenvalue weighted by Gasteiger charge is -2.33. The topological polar surface area (TPSA) is 110 Å². The molecule has 0 amide bonds. The van der Waals surface area contributed by atoms with E-state index in [9.17, 15) is 4.79 Å². The fourth-order valence-electron chi connectivity index (χ4n) is 2.35. The summed E-state index contributed by atoms with van der Waals surface area (Å²) in [5, 5.41) is 3.69. The average Bonchev–Trinajstić information content (AvgIpc) is 2.48. The minimum atomic E-state index is -0.501. The number of nitrogens with two attached hydrogens (primary N) is 1. The fraction of sp³-hybridized carbons (Fsp3) is 0.786. The van der Waals surface area contributed by atoms with Gasteiger partial charge in [0, 0.05) is 16.5 Å². The zero-order chi connectivity index (χ0) is 15.8. The van der Waals surface area contributed by atoms with Crippen LogP contribution in [0.3, 0.4) is 0 Å². The first kappa shape index (κ1) is 17.5. The summed E-state index contributed by atoms with van der Waals surface area (Å²) < 4.78 is 11.0. The van der Waals surface area contributed by atoms with Crippen molar-refractivity contribution >= 4 is 5.97 Å². The fourth-order valence-corrected chi connectivity index (χ4v) is 2.35. The van der Waals surface area contributed by atoms with Crippen LogP contribution in [0.4, 0.5) is 0 Å². The zero-order valence-corrected chi connectivity index (χ0v) is 12.9. The van der Waals surface area contributed by atoms with E-state index in [2.05, 4.69) is 10.0 Å². The van der Waals surface area contributed by atoms with Crippen LogP contribution in [0.5, 0.6) is 0 Å². The normalized spacial score (nSPS) is 25.2. The predicted octanol–water partition coefficient (Wildman–Crippen LogP) is 2.46. The second-order valence-corrected chi connectivity index (χ2v) is 5.01. The molecule has 0 saturated heterocycles. The number of hydrogen-bond donors (Lipinski definition) is 1. The van der Waals surface area contributed by atoms with Crippen molar-refractivity contribution in [2.24, 2.45) is 10.8 Å². The molecule has 1 aliphatic carbocycles. The van der Waals surface area contributed by atoms with Crippen molar-refractivity contribution in [1.82, 2.24) is 0 Å². The van der Waals surface area contributed by atoms with Crippen molar-refractivity contribution in [3.05, 3.63) is 22.1 Å². The van der Waals surface area contributed by atoms with E-state index in [1.54, 1.807) is 13.0 Å². The van der Waals surface area contributed by atoms with Crippen LogP contribution in [-0.4, -0.2) is 36.9 Å². The molecular weight excluding hydrogens is 272 g/mol. The van der Waals surface area contributed by atoms with E-state index in [1.807, 2.05) is 13.8 Å². The molecule has 7 nitrogen and oxygen atoms in total. The second kappa shape index (κ2) is 8.67. The Labute approximate surface area is 125 Å². The Balaban J connectivity index is 2.97. The lowest BCUT2D eigenvalue weighted by atomic mass is 9.89. The highest BCUT2D eigenvalue weighted by Crippen LogP contribution is 2.25. The van der Waals surface area contributed by atoms with Gasteiger partial charge in [0.05, 0.1) is 24.9 Å². The average molecular weight is 296 g/mol. The maximum atomic E-state index is 11.9. The van der Waals surface area contributed by atoms with Crippen LogP contribution in [0, 0.1) is 0 Å². The molecule has 0 heterocycles. The van der Waals surface area contributed by atoms with E-state index in [1.165, 1.54) is 0 Å². The number of nitrogens with zero attached hydrogens (tertiary/aromatic N) is 3. The number of carbonyl (C=O) groups excluding carboxylic acids is 1. The van der Waals surface area contributed by atoms with E-state index < -0.39 is 24.2 Å². The highest BCUT2D eigenvalue weighted by Gasteiger charge is 2.34. The molecule has 0 fully saturated rings. The minimum absolute atomic E-state index is 0.0607. The van der Waals surface area contributed by atoms with Gasteiger partial charge in [-0.25, -0.2) is 4.79 Å². The Morgan fingerprint density at radius 1 is 1.52 bits per heavy atom. The van der Waals surface area contributed by atoms with E-state index >= 15 is 0 Å². The maximum Gasteiger partial charge on any atom is 0.333 e. The first-order valence-corrected chi connectivity index (χ1v) is 7.40. The standard InChI is InChI=1S/C14H24N4O3/c1-4-10(5-2)21-12-8-9(14(19)20-6-3)7-11(13(12)15)17-18-16/h8,10-13H,4-7,15H2,1-3H3/t11?,12-,13?/m1/s1. The third kappa shape index (κ3) is 4.74. The SMILES string of the molecule is CCOC(=O)C1=C[C@@H](OC(CC)CC)C(N)C(N=[N+]=[N-])C1. The Kier molecular flexibility index (Phi) is 7.22. The molecule has 0 aromatic carbocycles. The van der Waals surface area contributed by atoms with Crippen LogP contribution in [0.25, 0.3) is 10.4 Å². The third-order valence-corrected chi connectivity index (χ3v) is 3.62. The van der Waals surface area contributed by atoms with Gasteiger partial charge in [-0.15, -0.1) is 0 Å². The van der Waals surface area contributed by atoms with Gasteiger partial charge in [-0.1, -0.05) is 19.0 Å². The maximum absolute atomic E-state index is 11.9. The van der Waals surface area contributed by atoms with Gasteiger partial charge in [-0.2, -0.15) is 0 Å². The van der Waals surface area contributed by atoms with Gasteiger partial charge >= 0.3 is 5.97 Å². The van der Waals surface area contributed by atoms with Gasteiger partial charge in [-0.05, 0) is 37.8 Å². The van der Waals surface area contributed by atoms with E-state index in [4.69, 9.17) is 20.7 Å². The van der Waals surface area contributed by atoms with Crippen molar-refractivity contribution in [2.45, 2.75) is 64.3 Å². The number of carbonyl (C=O) groups is 1. The summed E-state index contributed by atoms with van der Waals surface area (Å²) >= 11 is 0. The molecule has 2 N–H and O–H groups in total. The summed E-state index contributed by atoms with van der Waals surface area (Å²) in [6, 6.07) is -0.960. The molecular formula is C14H24N4O3. The van der Waals surface area contributed by atoms with Crippen molar-refractivity contribution in [2.75, 3.05) is 6.61 Å². The molecule has 0 radical (unpaired) electrons. The first-order valence-electron chi connectivity index (χ1n) is 7.40. The van der Waals surface area contributed by atoms with Crippen LogP contribution < -0.4 is 5.73 Å². The summed E-state index contributed by atoms with van der Waals surface area (Å²) in [6.45, 7) is 6.11. The molecule has 1 aliphatic rings. The van der Waals surface area contributed by atoms with Gasteiger partial charge in [0.25, 0.3) is 0 Å². The van der Waals surface area contributed by atoms with Gasteiger partial charge in [0.15, 0.2) is 0 Å². The number of hydrogen-bond acceptors (Lipinski definition) is 5. The minimum Gasteiger partial charge on any atom is -0.463 e. The van der Waals surface area contributed by atoms with Gasteiger partial charge in [0.1, 0.15) is 0 Å². The molecule has 0 spiro atoms. The Bertz CT molecular complexity index is 428.